The molecule has 2 nitrogen and oxygen atoms in total. The molecule has 11 heavy (non-hydrogen) atoms. The Kier molecular flexibility index (Phi) is 2.16. The molecule has 0 bridgehead atoms. The summed E-state index contributed by atoms with van der Waals surface area (Å²) in [5.74, 6) is -0.0597. The molecule has 0 aliphatic heterocycles. The zero-order chi connectivity index (χ0) is 8.27. The van der Waals surface area contributed by atoms with Gasteiger partial charge in [0, 0.05) is 17.5 Å². The van der Waals surface area contributed by atoms with Gasteiger partial charge in [0.25, 0.3) is 0 Å². The standard InChI is InChI=1S/C9H9NO/c1-3-9(11)8-4-5-10-7(2)6-8/h3-6H,1H2,2H3. The van der Waals surface area contributed by atoms with Crippen LogP contribution in [0.2, 0.25) is 0 Å². The maximum atomic E-state index is 11.0. The SMILES string of the molecule is C=CC(=O)c1ccnc(C)c1. The Morgan fingerprint density at radius 2 is 2.45 bits per heavy atom. The summed E-state index contributed by atoms with van der Waals surface area (Å²) in [5.41, 5.74) is 1.49. The fourth-order valence-corrected chi connectivity index (χ4v) is 0.817. The third-order valence-corrected chi connectivity index (χ3v) is 1.37. The second-order valence-corrected chi connectivity index (χ2v) is 2.25. The molecule has 0 aromatic carbocycles. The summed E-state index contributed by atoms with van der Waals surface area (Å²) in [7, 11) is 0. The fraction of sp³-hybridized carbons (Fsp3) is 0.111. The summed E-state index contributed by atoms with van der Waals surface area (Å²) in [5, 5.41) is 0. The monoisotopic (exact) mass is 147 g/mol. The number of carbonyl (C=O) groups excluding carboxylic acids is 1. The number of rotatable bonds is 2. The number of nitrogens with zero attached hydrogens (tertiary/aromatic N) is 1. The Labute approximate surface area is 65.6 Å². The molecule has 0 spiro atoms. The Morgan fingerprint density at radius 1 is 1.73 bits per heavy atom. The van der Waals surface area contributed by atoms with Crippen molar-refractivity contribution in [3.05, 3.63) is 42.2 Å². The molecule has 0 atom stereocenters. The number of aryl methyl sites for hydroxylation is 1. The molecule has 1 aromatic rings. The van der Waals surface area contributed by atoms with Gasteiger partial charge in [0.05, 0.1) is 0 Å². The van der Waals surface area contributed by atoms with E-state index in [1.54, 1.807) is 18.3 Å². The highest BCUT2D eigenvalue weighted by molar-refractivity contribution is 6.04. The summed E-state index contributed by atoms with van der Waals surface area (Å²) in [4.78, 5) is 15.0. The normalized spacial score (nSPS) is 9.18. The first-order valence-electron chi connectivity index (χ1n) is 3.33. The third kappa shape index (κ3) is 1.74. The molecule has 1 rings (SSSR count). The topological polar surface area (TPSA) is 30.0 Å². The molecule has 2 heteroatoms. The Morgan fingerprint density at radius 3 is 3.00 bits per heavy atom. The molecular formula is C9H9NO. The van der Waals surface area contributed by atoms with Gasteiger partial charge in [-0.25, -0.2) is 0 Å². The maximum Gasteiger partial charge on any atom is 0.185 e. The lowest BCUT2D eigenvalue weighted by molar-refractivity contribution is 0.104. The van der Waals surface area contributed by atoms with Gasteiger partial charge in [-0.1, -0.05) is 6.58 Å². The van der Waals surface area contributed by atoms with Gasteiger partial charge < -0.3 is 0 Å². The van der Waals surface area contributed by atoms with Crippen LogP contribution in [0.1, 0.15) is 16.1 Å². The zero-order valence-corrected chi connectivity index (χ0v) is 6.37. The molecule has 1 heterocycles. The molecule has 0 N–H and O–H groups in total. The number of pyridine rings is 1. The van der Waals surface area contributed by atoms with E-state index in [0.717, 1.165) is 5.69 Å². The van der Waals surface area contributed by atoms with E-state index in [2.05, 4.69) is 11.6 Å². The molecule has 0 radical (unpaired) electrons. The second kappa shape index (κ2) is 3.10. The Balaban J connectivity index is 3.05. The lowest BCUT2D eigenvalue weighted by atomic mass is 10.1. The van der Waals surface area contributed by atoms with Crippen LogP contribution in [-0.2, 0) is 0 Å². The highest BCUT2D eigenvalue weighted by Gasteiger charge is 1.99. The van der Waals surface area contributed by atoms with E-state index in [1.807, 2.05) is 6.92 Å². The van der Waals surface area contributed by atoms with Crippen LogP contribution in [0.5, 0.6) is 0 Å². The van der Waals surface area contributed by atoms with Gasteiger partial charge in [0.2, 0.25) is 0 Å². The van der Waals surface area contributed by atoms with Crippen LogP contribution in [0.15, 0.2) is 31.0 Å². The van der Waals surface area contributed by atoms with E-state index < -0.39 is 0 Å². The van der Waals surface area contributed by atoms with Crippen LogP contribution in [0, 0.1) is 6.92 Å². The lowest BCUT2D eigenvalue weighted by Crippen LogP contribution is -1.94. The van der Waals surface area contributed by atoms with Crippen molar-refractivity contribution in [2.75, 3.05) is 0 Å². The number of allylic oxidation sites excluding steroid dienone is 1. The molecule has 56 valence electrons. The predicted octanol–water partition coefficient (Wildman–Crippen LogP) is 1.76. The van der Waals surface area contributed by atoms with E-state index in [9.17, 15) is 4.79 Å². The second-order valence-electron chi connectivity index (χ2n) is 2.25. The third-order valence-electron chi connectivity index (χ3n) is 1.37. The van der Waals surface area contributed by atoms with Crippen LogP contribution >= 0.6 is 0 Å². The van der Waals surface area contributed by atoms with Gasteiger partial charge in [-0.2, -0.15) is 0 Å². The minimum absolute atomic E-state index is 0.0597. The van der Waals surface area contributed by atoms with Crippen molar-refractivity contribution in [3.8, 4) is 0 Å². The molecule has 0 unspecified atom stereocenters. The molecule has 0 fully saturated rings. The summed E-state index contributed by atoms with van der Waals surface area (Å²) >= 11 is 0. The zero-order valence-electron chi connectivity index (χ0n) is 6.37. The highest BCUT2D eigenvalue weighted by atomic mass is 16.1. The van der Waals surface area contributed by atoms with E-state index in [4.69, 9.17) is 0 Å². The van der Waals surface area contributed by atoms with Gasteiger partial charge in [-0.3, -0.25) is 9.78 Å². The number of hydrogen-bond donors (Lipinski definition) is 0. The van der Waals surface area contributed by atoms with Gasteiger partial charge >= 0.3 is 0 Å². The summed E-state index contributed by atoms with van der Waals surface area (Å²) < 4.78 is 0. The highest BCUT2D eigenvalue weighted by Crippen LogP contribution is 2.01. The van der Waals surface area contributed by atoms with Gasteiger partial charge in [-0.05, 0) is 25.1 Å². The minimum Gasteiger partial charge on any atom is -0.289 e. The quantitative estimate of drug-likeness (QED) is 0.471. The molecule has 1 aromatic heterocycles. The lowest BCUT2D eigenvalue weighted by Gasteiger charge is -1.94. The van der Waals surface area contributed by atoms with Gasteiger partial charge in [0.15, 0.2) is 5.78 Å². The van der Waals surface area contributed by atoms with Crippen molar-refractivity contribution in [3.63, 3.8) is 0 Å². The average Bonchev–Trinajstić information content (AvgIpc) is 2.03. The van der Waals surface area contributed by atoms with Crippen LogP contribution in [-0.4, -0.2) is 10.8 Å². The molecule has 0 amide bonds. The van der Waals surface area contributed by atoms with E-state index in [1.165, 1.54) is 6.08 Å². The van der Waals surface area contributed by atoms with Crippen LogP contribution in [0.25, 0.3) is 0 Å². The first-order valence-corrected chi connectivity index (χ1v) is 3.33. The van der Waals surface area contributed by atoms with Crippen molar-refractivity contribution >= 4 is 5.78 Å². The molecule has 0 saturated heterocycles. The number of aromatic nitrogens is 1. The maximum absolute atomic E-state index is 11.0. The van der Waals surface area contributed by atoms with E-state index in [0.29, 0.717) is 5.56 Å². The molecular weight excluding hydrogens is 138 g/mol. The van der Waals surface area contributed by atoms with Crippen molar-refractivity contribution in [2.45, 2.75) is 6.92 Å². The largest absolute Gasteiger partial charge is 0.289 e. The first kappa shape index (κ1) is 7.66. The van der Waals surface area contributed by atoms with Crippen molar-refractivity contribution < 1.29 is 4.79 Å². The number of hydrogen-bond acceptors (Lipinski definition) is 2. The van der Waals surface area contributed by atoms with E-state index >= 15 is 0 Å². The van der Waals surface area contributed by atoms with Gasteiger partial charge in [0.1, 0.15) is 0 Å². The van der Waals surface area contributed by atoms with Crippen LogP contribution in [0.4, 0.5) is 0 Å². The smallest absolute Gasteiger partial charge is 0.185 e. The van der Waals surface area contributed by atoms with Crippen LogP contribution in [0.3, 0.4) is 0 Å². The summed E-state index contributed by atoms with van der Waals surface area (Å²) in [6.07, 6.45) is 2.92. The number of carbonyl (C=O) groups is 1. The average molecular weight is 147 g/mol. The van der Waals surface area contributed by atoms with Crippen molar-refractivity contribution in [1.29, 1.82) is 0 Å². The summed E-state index contributed by atoms with van der Waals surface area (Å²) in [6.45, 7) is 5.24. The van der Waals surface area contributed by atoms with E-state index in [-0.39, 0.29) is 5.78 Å². The summed E-state index contributed by atoms with van der Waals surface area (Å²) in [6, 6.07) is 3.42. The Hall–Kier alpha value is -1.44. The van der Waals surface area contributed by atoms with Crippen molar-refractivity contribution in [1.82, 2.24) is 4.98 Å². The Bertz CT molecular complexity index is 291. The van der Waals surface area contributed by atoms with Gasteiger partial charge in [-0.15, -0.1) is 0 Å². The molecule has 0 aliphatic carbocycles. The predicted molar refractivity (Wildman–Crippen MR) is 43.5 cm³/mol. The first-order chi connectivity index (χ1) is 5.24. The molecule has 0 aliphatic rings. The van der Waals surface area contributed by atoms with Crippen molar-refractivity contribution in [2.24, 2.45) is 0 Å². The minimum atomic E-state index is -0.0597. The molecule has 0 saturated carbocycles. The van der Waals surface area contributed by atoms with Crippen LogP contribution < -0.4 is 0 Å². The fourth-order valence-electron chi connectivity index (χ4n) is 0.817. The number of ketones is 1.